The largest absolute Gasteiger partial charge is 0.478 e. The number of aromatic nitrogens is 1. The fourth-order valence-corrected chi connectivity index (χ4v) is 2.92. The normalized spacial score (nSPS) is 11.3. The summed E-state index contributed by atoms with van der Waals surface area (Å²) in [4.78, 5) is 11.1. The number of nitrogens with zero attached hydrogens (tertiary/aromatic N) is 1. The number of nitrogens with one attached hydrogen (secondary N) is 1. The minimum Gasteiger partial charge on any atom is -0.478 e. The van der Waals surface area contributed by atoms with Gasteiger partial charge in [-0.25, -0.2) is 13.2 Å². The molecular weight excluding hydrogens is 280 g/mol. The van der Waals surface area contributed by atoms with Gasteiger partial charge < -0.3 is 9.67 Å². The fraction of sp³-hybridized carbons (Fsp3) is 0.154. The van der Waals surface area contributed by atoms with E-state index in [1.54, 1.807) is 24.7 Å². The van der Waals surface area contributed by atoms with Gasteiger partial charge in [-0.15, -0.1) is 0 Å². The second-order valence-electron chi connectivity index (χ2n) is 4.45. The van der Waals surface area contributed by atoms with Crippen LogP contribution in [-0.2, 0) is 17.1 Å². The maximum atomic E-state index is 12.1. The first kappa shape index (κ1) is 14.1. The zero-order valence-electron chi connectivity index (χ0n) is 11.0. The lowest BCUT2D eigenvalue weighted by Gasteiger charge is -2.08. The van der Waals surface area contributed by atoms with Gasteiger partial charge in [0.1, 0.15) is 4.90 Å². The van der Waals surface area contributed by atoms with E-state index in [1.165, 1.54) is 30.5 Å². The van der Waals surface area contributed by atoms with Gasteiger partial charge in [0.25, 0.3) is 10.0 Å². The molecule has 0 unspecified atom stereocenters. The molecule has 0 bridgehead atoms. The van der Waals surface area contributed by atoms with E-state index < -0.39 is 16.0 Å². The highest BCUT2D eigenvalue weighted by atomic mass is 32.2. The van der Waals surface area contributed by atoms with Crippen LogP contribution in [0.3, 0.4) is 0 Å². The summed E-state index contributed by atoms with van der Waals surface area (Å²) < 4.78 is 28.3. The average molecular weight is 294 g/mol. The summed E-state index contributed by atoms with van der Waals surface area (Å²) >= 11 is 0. The van der Waals surface area contributed by atoms with Gasteiger partial charge in [-0.3, -0.25) is 4.72 Å². The van der Waals surface area contributed by atoms with Crippen molar-refractivity contribution in [3.63, 3.8) is 0 Å². The van der Waals surface area contributed by atoms with Crippen molar-refractivity contribution in [1.82, 2.24) is 4.57 Å². The van der Waals surface area contributed by atoms with Crippen molar-refractivity contribution < 1.29 is 18.3 Å². The summed E-state index contributed by atoms with van der Waals surface area (Å²) in [6.07, 6.45) is 3.12. The minimum absolute atomic E-state index is 0.146. The number of benzene rings is 1. The van der Waals surface area contributed by atoms with Crippen molar-refractivity contribution in [2.75, 3.05) is 4.72 Å². The predicted molar refractivity (Wildman–Crippen MR) is 74.4 cm³/mol. The standard InChI is InChI=1S/C13H14N2O4S/c1-9-7-10(3-4-12(9)13(16)17)14-20(18,19)11-5-6-15(2)8-11/h3-8,14H,1-2H3,(H,16,17). The summed E-state index contributed by atoms with van der Waals surface area (Å²) in [6.45, 7) is 1.61. The summed E-state index contributed by atoms with van der Waals surface area (Å²) in [5.74, 6) is -1.04. The Morgan fingerprint density at radius 3 is 2.50 bits per heavy atom. The average Bonchev–Trinajstić information content (AvgIpc) is 2.75. The molecule has 106 valence electrons. The second kappa shape index (κ2) is 5.01. The molecule has 7 heteroatoms. The third kappa shape index (κ3) is 2.83. The molecule has 0 radical (unpaired) electrons. The Morgan fingerprint density at radius 1 is 1.30 bits per heavy atom. The Balaban J connectivity index is 2.30. The van der Waals surface area contributed by atoms with Crippen LogP contribution in [0.5, 0.6) is 0 Å². The molecule has 2 rings (SSSR count). The van der Waals surface area contributed by atoms with Crippen molar-refractivity contribution in [2.45, 2.75) is 11.8 Å². The van der Waals surface area contributed by atoms with E-state index in [9.17, 15) is 13.2 Å². The smallest absolute Gasteiger partial charge is 0.335 e. The Labute approximate surface area is 116 Å². The molecule has 0 fully saturated rings. The number of hydrogen-bond acceptors (Lipinski definition) is 3. The van der Waals surface area contributed by atoms with E-state index in [2.05, 4.69) is 4.72 Å². The third-order valence-corrected chi connectivity index (χ3v) is 4.19. The van der Waals surface area contributed by atoms with E-state index >= 15 is 0 Å². The molecule has 0 saturated heterocycles. The van der Waals surface area contributed by atoms with Crippen molar-refractivity contribution in [2.24, 2.45) is 7.05 Å². The monoisotopic (exact) mass is 294 g/mol. The summed E-state index contributed by atoms with van der Waals surface area (Å²) in [7, 11) is -1.93. The Hall–Kier alpha value is -2.28. The number of carboxylic acids is 1. The first-order valence-corrected chi connectivity index (χ1v) is 7.26. The number of anilines is 1. The van der Waals surface area contributed by atoms with Crippen LogP contribution in [-0.4, -0.2) is 24.1 Å². The molecule has 0 aliphatic heterocycles. The number of carbonyl (C=O) groups is 1. The number of sulfonamides is 1. The molecular formula is C13H14N2O4S. The molecule has 1 aromatic carbocycles. The van der Waals surface area contributed by atoms with Crippen LogP contribution in [0.15, 0.2) is 41.6 Å². The van der Waals surface area contributed by atoms with Gasteiger partial charge >= 0.3 is 5.97 Å². The number of rotatable bonds is 4. The lowest BCUT2D eigenvalue weighted by atomic mass is 10.1. The number of carboxylic acid groups (broad SMARTS) is 1. The zero-order valence-corrected chi connectivity index (χ0v) is 11.8. The Morgan fingerprint density at radius 2 is 2.00 bits per heavy atom. The Kier molecular flexibility index (Phi) is 3.54. The van der Waals surface area contributed by atoms with E-state index in [1.807, 2.05) is 0 Å². The van der Waals surface area contributed by atoms with Crippen molar-refractivity contribution >= 4 is 21.7 Å². The highest BCUT2D eigenvalue weighted by Crippen LogP contribution is 2.19. The van der Waals surface area contributed by atoms with Gasteiger partial charge in [-0.05, 0) is 36.8 Å². The summed E-state index contributed by atoms with van der Waals surface area (Å²) in [6, 6.07) is 5.78. The fourth-order valence-electron chi connectivity index (χ4n) is 1.82. The van der Waals surface area contributed by atoms with E-state index in [-0.39, 0.29) is 10.5 Å². The lowest BCUT2D eigenvalue weighted by Crippen LogP contribution is -2.13. The molecule has 0 aliphatic carbocycles. The van der Waals surface area contributed by atoms with Crippen LogP contribution in [0, 0.1) is 6.92 Å². The van der Waals surface area contributed by atoms with Gasteiger partial charge in [0.05, 0.1) is 5.56 Å². The second-order valence-corrected chi connectivity index (χ2v) is 6.14. The SMILES string of the molecule is Cc1cc(NS(=O)(=O)c2ccn(C)c2)ccc1C(=O)O. The molecule has 0 spiro atoms. The van der Waals surface area contributed by atoms with E-state index in [0.29, 0.717) is 11.3 Å². The predicted octanol–water partition coefficient (Wildman–Crippen LogP) is 1.83. The van der Waals surface area contributed by atoms with Crippen LogP contribution in [0.1, 0.15) is 15.9 Å². The molecule has 1 heterocycles. The van der Waals surface area contributed by atoms with Crippen LogP contribution in [0.2, 0.25) is 0 Å². The van der Waals surface area contributed by atoms with Gasteiger partial charge in [-0.2, -0.15) is 0 Å². The van der Waals surface area contributed by atoms with Crippen molar-refractivity contribution in [3.05, 3.63) is 47.8 Å². The topological polar surface area (TPSA) is 88.4 Å². The maximum absolute atomic E-state index is 12.1. The molecule has 2 aromatic rings. The van der Waals surface area contributed by atoms with E-state index in [4.69, 9.17) is 5.11 Å². The van der Waals surface area contributed by atoms with Gasteiger partial charge in [-0.1, -0.05) is 0 Å². The first-order chi connectivity index (χ1) is 9.29. The molecule has 1 aromatic heterocycles. The van der Waals surface area contributed by atoms with Crippen molar-refractivity contribution in [1.29, 1.82) is 0 Å². The van der Waals surface area contributed by atoms with Crippen LogP contribution in [0.4, 0.5) is 5.69 Å². The molecule has 0 saturated carbocycles. The highest BCUT2D eigenvalue weighted by Gasteiger charge is 2.16. The highest BCUT2D eigenvalue weighted by molar-refractivity contribution is 7.92. The van der Waals surface area contributed by atoms with Crippen LogP contribution < -0.4 is 4.72 Å². The molecule has 6 nitrogen and oxygen atoms in total. The van der Waals surface area contributed by atoms with Gasteiger partial charge in [0.2, 0.25) is 0 Å². The summed E-state index contributed by atoms with van der Waals surface area (Å²) in [5, 5.41) is 8.93. The summed E-state index contributed by atoms with van der Waals surface area (Å²) in [5.41, 5.74) is 0.967. The molecule has 0 amide bonds. The van der Waals surface area contributed by atoms with Gasteiger partial charge in [0, 0.05) is 25.1 Å². The third-order valence-electron chi connectivity index (χ3n) is 2.82. The van der Waals surface area contributed by atoms with Crippen LogP contribution in [0.25, 0.3) is 0 Å². The molecule has 20 heavy (non-hydrogen) atoms. The maximum Gasteiger partial charge on any atom is 0.335 e. The van der Waals surface area contributed by atoms with E-state index in [0.717, 1.165) is 0 Å². The lowest BCUT2D eigenvalue weighted by molar-refractivity contribution is 0.0696. The van der Waals surface area contributed by atoms with Crippen LogP contribution >= 0.6 is 0 Å². The molecule has 2 N–H and O–H groups in total. The van der Waals surface area contributed by atoms with Crippen molar-refractivity contribution in [3.8, 4) is 0 Å². The first-order valence-electron chi connectivity index (χ1n) is 5.78. The van der Waals surface area contributed by atoms with Gasteiger partial charge in [0.15, 0.2) is 0 Å². The molecule has 0 atom stereocenters. The number of aryl methyl sites for hydroxylation is 2. The number of hydrogen-bond donors (Lipinski definition) is 2. The minimum atomic E-state index is -3.66. The quantitative estimate of drug-likeness (QED) is 0.900. The Bertz CT molecular complexity index is 762. The number of aromatic carboxylic acids is 1. The zero-order chi connectivity index (χ0) is 14.9. The molecule has 0 aliphatic rings.